The van der Waals surface area contributed by atoms with Gasteiger partial charge in [0.05, 0.1) is 30.0 Å². The van der Waals surface area contributed by atoms with Gasteiger partial charge in [0, 0.05) is 18.5 Å². The summed E-state index contributed by atoms with van der Waals surface area (Å²) < 4.78 is 18.6. The van der Waals surface area contributed by atoms with E-state index in [4.69, 9.17) is 4.74 Å². The Hall–Kier alpha value is -3.01. The van der Waals surface area contributed by atoms with Gasteiger partial charge in [-0.25, -0.2) is 14.2 Å². The van der Waals surface area contributed by atoms with Crippen LogP contribution in [0, 0.1) is 5.82 Å². The summed E-state index contributed by atoms with van der Waals surface area (Å²) in [5.74, 6) is -1.62. The lowest BCUT2D eigenvalue weighted by Gasteiger charge is -2.17. The van der Waals surface area contributed by atoms with Crippen molar-refractivity contribution in [3.63, 3.8) is 0 Å². The Morgan fingerprint density at radius 1 is 1.24 bits per heavy atom. The van der Waals surface area contributed by atoms with Crippen molar-refractivity contribution in [2.75, 3.05) is 30.3 Å². The van der Waals surface area contributed by atoms with Gasteiger partial charge in [0.15, 0.2) is 5.13 Å². The molecule has 0 spiro atoms. The fourth-order valence-electron chi connectivity index (χ4n) is 2.90. The van der Waals surface area contributed by atoms with Crippen molar-refractivity contribution in [3.05, 3.63) is 40.7 Å². The van der Waals surface area contributed by atoms with Gasteiger partial charge in [-0.3, -0.25) is 14.9 Å². The van der Waals surface area contributed by atoms with Crippen molar-refractivity contribution in [2.24, 2.45) is 0 Å². The molecule has 1 aromatic carbocycles. The van der Waals surface area contributed by atoms with Gasteiger partial charge in [0.1, 0.15) is 5.82 Å². The monoisotopic (exact) mass is 420 g/mol. The van der Waals surface area contributed by atoms with E-state index in [0.717, 1.165) is 30.2 Å². The molecular formula is C19H21FN4O4S. The van der Waals surface area contributed by atoms with E-state index in [1.54, 1.807) is 17.2 Å². The highest BCUT2D eigenvalue weighted by Gasteiger charge is 2.21. The molecule has 154 valence electrons. The fourth-order valence-corrected chi connectivity index (χ4v) is 3.60. The Bertz CT molecular complexity index is 911. The first kappa shape index (κ1) is 20.7. The number of carbonyl (C=O) groups excluding carboxylic acids is 3. The zero-order valence-corrected chi connectivity index (χ0v) is 16.7. The maximum atomic E-state index is 13.7. The molecule has 0 unspecified atom stereocenters. The van der Waals surface area contributed by atoms with Crippen LogP contribution in [0.25, 0.3) is 0 Å². The quantitative estimate of drug-likeness (QED) is 0.699. The first-order valence-corrected chi connectivity index (χ1v) is 10.1. The number of carbonyl (C=O) groups is 3. The third-order valence-electron chi connectivity index (χ3n) is 4.26. The SMILES string of the molecule is CCOC(=O)Cc1csc(NC(=O)c2cc(F)ccc2NC(=O)N2CCCC2)n1. The van der Waals surface area contributed by atoms with Gasteiger partial charge in [0.25, 0.3) is 5.91 Å². The number of urea groups is 1. The lowest BCUT2D eigenvalue weighted by molar-refractivity contribution is -0.142. The lowest BCUT2D eigenvalue weighted by atomic mass is 10.1. The van der Waals surface area contributed by atoms with Gasteiger partial charge < -0.3 is 15.0 Å². The highest BCUT2D eigenvalue weighted by Crippen LogP contribution is 2.22. The van der Waals surface area contributed by atoms with Crippen molar-refractivity contribution < 1.29 is 23.5 Å². The van der Waals surface area contributed by atoms with E-state index in [1.165, 1.54) is 12.1 Å². The average Bonchev–Trinajstić information content (AvgIpc) is 3.35. The van der Waals surface area contributed by atoms with Crippen LogP contribution in [-0.4, -0.2) is 47.5 Å². The predicted octanol–water partition coefficient (Wildman–Crippen LogP) is 3.27. The second-order valence-electron chi connectivity index (χ2n) is 6.39. The third kappa shape index (κ3) is 5.50. The zero-order chi connectivity index (χ0) is 20.8. The smallest absolute Gasteiger partial charge is 0.321 e. The van der Waals surface area contributed by atoms with E-state index in [1.807, 2.05) is 0 Å². The van der Waals surface area contributed by atoms with Crippen molar-refractivity contribution in [1.29, 1.82) is 0 Å². The van der Waals surface area contributed by atoms with Gasteiger partial charge in [-0.05, 0) is 38.0 Å². The average molecular weight is 420 g/mol. The minimum atomic E-state index is -0.613. The minimum Gasteiger partial charge on any atom is -0.466 e. The second kappa shape index (κ2) is 9.46. The molecule has 1 aromatic heterocycles. The molecule has 0 saturated carbocycles. The molecule has 1 saturated heterocycles. The predicted molar refractivity (Wildman–Crippen MR) is 107 cm³/mol. The van der Waals surface area contributed by atoms with Crippen molar-refractivity contribution in [1.82, 2.24) is 9.88 Å². The van der Waals surface area contributed by atoms with Gasteiger partial charge in [-0.15, -0.1) is 11.3 Å². The number of rotatable bonds is 6. The number of hydrogen-bond acceptors (Lipinski definition) is 6. The van der Waals surface area contributed by atoms with Crippen LogP contribution in [-0.2, 0) is 16.0 Å². The molecule has 2 heterocycles. The number of thiazole rings is 1. The Balaban J connectivity index is 1.70. The number of likely N-dealkylation sites (tertiary alicyclic amines) is 1. The van der Waals surface area contributed by atoms with Crippen molar-refractivity contribution >= 4 is 40.1 Å². The Kier molecular flexibility index (Phi) is 6.76. The number of aromatic nitrogens is 1. The maximum Gasteiger partial charge on any atom is 0.321 e. The number of benzene rings is 1. The van der Waals surface area contributed by atoms with Crippen LogP contribution in [0.1, 0.15) is 35.8 Å². The number of amides is 3. The molecule has 0 aliphatic carbocycles. The lowest BCUT2D eigenvalue weighted by Crippen LogP contribution is -2.32. The van der Waals surface area contributed by atoms with Gasteiger partial charge in [-0.2, -0.15) is 0 Å². The highest BCUT2D eigenvalue weighted by atomic mass is 32.1. The number of nitrogens with one attached hydrogen (secondary N) is 2. The van der Waals surface area contributed by atoms with Crippen LogP contribution in [0.2, 0.25) is 0 Å². The molecule has 2 aromatic rings. The number of ether oxygens (including phenoxy) is 1. The van der Waals surface area contributed by atoms with Gasteiger partial charge in [0.2, 0.25) is 0 Å². The normalized spacial score (nSPS) is 13.2. The maximum absolute atomic E-state index is 13.7. The molecule has 0 radical (unpaired) electrons. The largest absolute Gasteiger partial charge is 0.466 e. The first-order valence-electron chi connectivity index (χ1n) is 9.23. The highest BCUT2D eigenvalue weighted by molar-refractivity contribution is 7.14. The van der Waals surface area contributed by atoms with E-state index in [9.17, 15) is 18.8 Å². The summed E-state index contributed by atoms with van der Waals surface area (Å²) in [6.45, 7) is 3.29. The topological polar surface area (TPSA) is 101 Å². The first-order chi connectivity index (χ1) is 14.0. The number of halogens is 1. The summed E-state index contributed by atoms with van der Waals surface area (Å²) in [6.07, 6.45) is 1.86. The standard InChI is InChI=1S/C19H21FN4O4S/c1-2-28-16(25)10-13-11-29-18(21-13)23-17(26)14-9-12(20)5-6-15(14)22-19(27)24-7-3-4-8-24/h5-6,9,11H,2-4,7-8,10H2,1H3,(H,22,27)(H,21,23,26). The molecule has 1 fully saturated rings. The molecule has 8 nitrogen and oxygen atoms in total. The summed E-state index contributed by atoms with van der Waals surface area (Å²) in [5, 5.41) is 7.14. The van der Waals surface area contributed by atoms with E-state index in [2.05, 4.69) is 15.6 Å². The third-order valence-corrected chi connectivity index (χ3v) is 5.07. The molecule has 0 atom stereocenters. The van der Waals surface area contributed by atoms with Crippen LogP contribution in [0.3, 0.4) is 0 Å². The molecule has 3 rings (SSSR count). The molecule has 2 N–H and O–H groups in total. The molecule has 0 bridgehead atoms. The molecule has 29 heavy (non-hydrogen) atoms. The van der Waals surface area contributed by atoms with E-state index in [-0.39, 0.29) is 35.4 Å². The molecule has 1 aliphatic rings. The summed E-state index contributed by atoms with van der Waals surface area (Å²) >= 11 is 1.14. The number of hydrogen-bond donors (Lipinski definition) is 2. The molecular weight excluding hydrogens is 399 g/mol. The summed E-state index contributed by atoms with van der Waals surface area (Å²) in [4.78, 5) is 42.3. The van der Waals surface area contributed by atoms with E-state index in [0.29, 0.717) is 18.8 Å². The van der Waals surface area contributed by atoms with Gasteiger partial charge in [-0.1, -0.05) is 0 Å². The summed E-state index contributed by atoms with van der Waals surface area (Å²) in [7, 11) is 0. The fraction of sp³-hybridized carbons (Fsp3) is 0.368. The van der Waals surface area contributed by atoms with Crippen LogP contribution >= 0.6 is 11.3 Å². The van der Waals surface area contributed by atoms with Crippen LogP contribution in [0.4, 0.5) is 20.0 Å². The number of esters is 1. The Morgan fingerprint density at radius 2 is 2.00 bits per heavy atom. The minimum absolute atomic E-state index is 0.00266. The van der Waals surface area contributed by atoms with E-state index >= 15 is 0 Å². The van der Waals surface area contributed by atoms with Crippen molar-refractivity contribution in [3.8, 4) is 0 Å². The van der Waals surface area contributed by atoms with Gasteiger partial charge >= 0.3 is 12.0 Å². The second-order valence-corrected chi connectivity index (χ2v) is 7.25. The number of nitrogens with zero attached hydrogens (tertiary/aromatic N) is 2. The summed E-state index contributed by atoms with van der Waals surface area (Å²) in [6, 6.07) is 3.26. The number of anilines is 2. The Labute approximate surface area is 171 Å². The zero-order valence-electron chi connectivity index (χ0n) is 15.9. The van der Waals surface area contributed by atoms with Crippen LogP contribution < -0.4 is 10.6 Å². The Morgan fingerprint density at radius 3 is 2.72 bits per heavy atom. The van der Waals surface area contributed by atoms with Crippen LogP contribution in [0.15, 0.2) is 23.6 Å². The van der Waals surface area contributed by atoms with Crippen LogP contribution in [0.5, 0.6) is 0 Å². The van der Waals surface area contributed by atoms with E-state index < -0.39 is 17.7 Å². The summed E-state index contributed by atoms with van der Waals surface area (Å²) in [5.41, 5.74) is 0.661. The molecule has 10 heteroatoms. The van der Waals surface area contributed by atoms with Crippen molar-refractivity contribution in [2.45, 2.75) is 26.2 Å². The molecule has 1 aliphatic heterocycles. The molecule has 3 amide bonds.